The zero-order chi connectivity index (χ0) is 17.9. The van der Waals surface area contributed by atoms with Gasteiger partial charge >= 0.3 is 0 Å². The Bertz CT molecular complexity index is 989. The van der Waals surface area contributed by atoms with Gasteiger partial charge in [0.1, 0.15) is 5.69 Å². The third-order valence-corrected chi connectivity index (χ3v) is 5.46. The van der Waals surface area contributed by atoms with Crippen molar-refractivity contribution in [1.29, 1.82) is 0 Å². The first-order chi connectivity index (χ1) is 12.0. The van der Waals surface area contributed by atoms with Gasteiger partial charge in [0, 0.05) is 19.2 Å². The highest BCUT2D eigenvalue weighted by Gasteiger charge is 2.27. The highest BCUT2D eigenvalue weighted by atomic mass is 32.2. The van der Waals surface area contributed by atoms with Crippen molar-refractivity contribution in [3.05, 3.63) is 70.5 Å². The number of aromatic amines is 1. The minimum absolute atomic E-state index is 0.159. The van der Waals surface area contributed by atoms with Crippen LogP contribution in [-0.2, 0) is 16.6 Å². The van der Waals surface area contributed by atoms with E-state index in [0.29, 0.717) is 12.2 Å². The maximum atomic E-state index is 12.8. The Hall–Kier alpha value is -2.71. The molecule has 0 fully saturated rings. The smallest absolute Gasteiger partial charge is 0.276 e. The lowest BCUT2D eigenvalue weighted by atomic mass is 10.2. The fraction of sp³-hybridized carbons (Fsp3) is 0.176. The third kappa shape index (κ3) is 3.70. The molecule has 3 aromatic rings. The SMILES string of the molecule is CCN(Cc1ccccc1)S(=O)(=O)c1ccc(-c2ccc(=O)[nH]n2)o1. The lowest BCUT2D eigenvalue weighted by Gasteiger charge is -2.19. The summed E-state index contributed by atoms with van der Waals surface area (Å²) in [6, 6.07) is 15.0. The Balaban J connectivity index is 1.88. The average Bonchev–Trinajstić information content (AvgIpc) is 3.12. The van der Waals surface area contributed by atoms with Gasteiger partial charge in [-0.25, -0.2) is 13.5 Å². The van der Waals surface area contributed by atoms with Crippen LogP contribution in [0.1, 0.15) is 12.5 Å². The molecule has 3 rings (SSSR count). The third-order valence-electron chi connectivity index (χ3n) is 3.66. The van der Waals surface area contributed by atoms with Crippen LogP contribution in [0.4, 0.5) is 0 Å². The zero-order valence-electron chi connectivity index (χ0n) is 13.5. The van der Waals surface area contributed by atoms with Crippen LogP contribution in [0, 0.1) is 0 Å². The number of H-pyrrole nitrogens is 1. The van der Waals surface area contributed by atoms with E-state index in [1.54, 1.807) is 6.92 Å². The number of sulfonamides is 1. The first-order valence-electron chi connectivity index (χ1n) is 7.70. The minimum Gasteiger partial charge on any atom is -0.442 e. The van der Waals surface area contributed by atoms with E-state index in [2.05, 4.69) is 10.2 Å². The molecule has 2 aromatic heterocycles. The molecule has 0 saturated heterocycles. The summed E-state index contributed by atoms with van der Waals surface area (Å²) in [6.45, 7) is 2.34. The lowest BCUT2D eigenvalue weighted by molar-refractivity contribution is 0.388. The molecule has 0 amide bonds. The van der Waals surface area contributed by atoms with Gasteiger partial charge in [0.25, 0.3) is 15.6 Å². The van der Waals surface area contributed by atoms with Crippen LogP contribution < -0.4 is 5.56 Å². The second-order valence-electron chi connectivity index (χ2n) is 5.34. The number of hydrogen-bond donors (Lipinski definition) is 1. The molecule has 0 saturated carbocycles. The molecule has 0 aliphatic heterocycles. The van der Waals surface area contributed by atoms with Crippen molar-refractivity contribution in [2.24, 2.45) is 0 Å². The first kappa shape index (κ1) is 17.1. The van der Waals surface area contributed by atoms with Gasteiger partial charge in [-0.1, -0.05) is 37.3 Å². The second-order valence-corrected chi connectivity index (χ2v) is 7.21. The Kier molecular flexibility index (Phi) is 4.82. The first-order valence-corrected chi connectivity index (χ1v) is 9.14. The predicted molar refractivity (Wildman–Crippen MR) is 92.3 cm³/mol. The summed E-state index contributed by atoms with van der Waals surface area (Å²) < 4.78 is 32.5. The quantitative estimate of drug-likeness (QED) is 0.728. The van der Waals surface area contributed by atoms with Crippen LogP contribution in [0.3, 0.4) is 0 Å². The molecule has 0 unspecified atom stereocenters. The van der Waals surface area contributed by atoms with Crippen molar-refractivity contribution in [1.82, 2.24) is 14.5 Å². The Morgan fingerprint density at radius 2 is 1.84 bits per heavy atom. The van der Waals surface area contributed by atoms with Gasteiger partial charge in [-0.15, -0.1) is 0 Å². The maximum Gasteiger partial charge on any atom is 0.276 e. The standard InChI is InChI=1S/C17H17N3O4S/c1-2-20(12-13-6-4-3-5-7-13)25(22,23)17-11-9-15(24-17)14-8-10-16(21)19-18-14/h3-11H,2,12H2,1H3,(H,19,21). The van der Waals surface area contributed by atoms with Crippen molar-refractivity contribution in [3.8, 4) is 11.5 Å². The van der Waals surface area contributed by atoms with E-state index in [1.165, 1.54) is 28.6 Å². The van der Waals surface area contributed by atoms with Gasteiger partial charge in [-0.05, 0) is 23.8 Å². The molecule has 8 heteroatoms. The van der Waals surface area contributed by atoms with Gasteiger partial charge in [0.05, 0.1) is 0 Å². The summed E-state index contributed by atoms with van der Waals surface area (Å²) in [7, 11) is -3.78. The molecule has 130 valence electrons. The molecular formula is C17H17N3O4S. The van der Waals surface area contributed by atoms with Crippen molar-refractivity contribution < 1.29 is 12.8 Å². The summed E-state index contributed by atoms with van der Waals surface area (Å²) in [5.41, 5.74) is 0.900. The molecule has 1 aromatic carbocycles. The van der Waals surface area contributed by atoms with E-state index >= 15 is 0 Å². The molecule has 0 aliphatic rings. The molecule has 0 radical (unpaired) electrons. The van der Waals surface area contributed by atoms with E-state index in [9.17, 15) is 13.2 Å². The number of aromatic nitrogens is 2. The van der Waals surface area contributed by atoms with E-state index in [4.69, 9.17) is 4.42 Å². The van der Waals surface area contributed by atoms with Crippen molar-refractivity contribution in [3.63, 3.8) is 0 Å². The molecule has 1 N–H and O–H groups in total. The normalized spacial score (nSPS) is 11.8. The number of nitrogens with one attached hydrogen (secondary N) is 1. The summed E-state index contributed by atoms with van der Waals surface area (Å²) in [5.74, 6) is 0.269. The maximum absolute atomic E-state index is 12.8. The average molecular weight is 359 g/mol. The molecule has 0 atom stereocenters. The van der Waals surface area contributed by atoms with Gasteiger partial charge in [-0.2, -0.15) is 9.40 Å². The number of furan rings is 1. The monoisotopic (exact) mass is 359 g/mol. The van der Waals surface area contributed by atoms with Crippen LogP contribution in [0.25, 0.3) is 11.5 Å². The molecule has 25 heavy (non-hydrogen) atoms. The van der Waals surface area contributed by atoms with E-state index in [-0.39, 0.29) is 23.0 Å². The fourth-order valence-corrected chi connectivity index (χ4v) is 3.71. The Morgan fingerprint density at radius 3 is 2.48 bits per heavy atom. The predicted octanol–water partition coefficient (Wildman–Crippen LogP) is 2.24. The Labute approximate surface area is 145 Å². The molecule has 0 aliphatic carbocycles. The second kappa shape index (κ2) is 7.04. The van der Waals surface area contributed by atoms with Crippen LogP contribution in [0.15, 0.2) is 68.9 Å². The summed E-state index contributed by atoms with van der Waals surface area (Å²) >= 11 is 0. The topological polar surface area (TPSA) is 96.3 Å². The highest BCUT2D eigenvalue weighted by Crippen LogP contribution is 2.25. The molecule has 0 spiro atoms. The lowest BCUT2D eigenvalue weighted by Crippen LogP contribution is -2.30. The minimum atomic E-state index is -3.78. The van der Waals surface area contributed by atoms with Crippen molar-refractivity contribution in [2.45, 2.75) is 18.6 Å². The highest BCUT2D eigenvalue weighted by molar-refractivity contribution is 7.89. The number of benzene rings is 1. The summed E-state index contributed by atoms with van der Waals surface area (Å²) in [6.07, 6.45) is 0. The van der Waals surface area contributed by atoms with Gasteiger partial charge in [0.2, 0.25) is 5.09 Å². The fourth-order valence-electron chi connectivity index (χ4n) is 2.36. The summed E-state index contributed by atoms with van der Waals surface area (Å²) in [5, 5.41) is 5.97. The van der Waals surface area contributed by atoms with Gasteiger partial charge in [-0.3, -0.25) is 4.79 Å². The van der Waals surface area contributed by atoms with E-state index in [1.807, 2.05) is 30.3 Å². The van der Waals surface area contributed by atoms with E-state index in [0.717, 1.165) is 5.56 Å². The van der Waals surface area contributed by atoms with Crippen molar-refractivity contribution >= 4 is 10.0 Å². The largest absolute Gasteiger partial charge is 0.442 e. The molecule has 0 bridgehead atoms. The molecule has 2 heterocycles. The van der Waals surface area contributed by atoms with Crippen LogP contribution in [0.2, 0.25) is 0 Å². The van der Waals surface area contributed by atoms with Crippen molar-refractivity contribution in [2.75, 3.05) is 6.54 Å². The van der Waals surface area contributed by atoms with Crippen LogP contribution >= 0.6 is 0 Å². The van der Waals surface area contributed by atoms with E-state index < -0.39 is 10.0 Å². The summed E-state index contributed by atoms with van der Waals surface area (Å²) in [4.78, 5) is 11.1. The number of rotatable bonds is 6. The zero-order valence-corrected chi connectivity index (χ0v) is 14.4. The Morgan fingerprint density at radius 1 is 1.08 bits per heavy atom. The molecular weight excluding hydrogens is 342 g/mol. The molecule has 7 nitrogen and oxygen atoms in total. The number of nitrogens with zero attached hydrogens (tertiary/aromatic N) is 2. The van der Waals surface area contributed by atoms with Gasteiger partial charge in [0.15, 0.2) is 5.76 Å². The van der Waals surface area contributed by atoms with Crippen LogP contribution in [0.5, 0.6) is 0 Å². The van der Waals surface area contributed by atoms with Crippen LogP contribution in [-0.4, -0.2) is 29.5 Å². The van der Waals surface area contributed by atoms with Gasteiger partial charge < -0.3 is 4.42 Å². The number of hydrogen-bond acceptors (Lipinski definition) is 5.